The Labute approximate surface area is 136 Å². The molecule has 5 nitrogen and oxygen atoms in total. The molecule has 2 fully saturated rings. The van der Waals surface area contributed by atoms with Gasteiger partial charge in [0.05, 0.1) is 12.0 Å². The summed E-state index contributed by atoms with van der Waals surface area (Å²) in [5.74, 6) is 2.06. The zero-order chi connectivity index (χ0) is 14.2. The van der Waals surface area contributed by atoms with Crippen molar-refractivity contribution in [3.05, 3.63) is 23.8 Å². The topological polar surface area (TPSA) is 50.8 Å². The molecule has 1 N–H and O–H groups in total. The summed E-state index contributed by atoms with van der Waals surface area (Å²) < 4.78 is 10.8. The summed E-state index contributed by atoms with van der Waals surface area (Å²) >= 11 is 0. The number of rotatable bonds is 2. The van der Waals surface area contributed by atoms with Crippen LogP contribution in [0.1, 0.15) is 30.9 Å². The fourth-order valence-electron chi connectivity index (χ4n) is 3.60. The third-order valence-corrected chi connectivity index (χ3v) is 4.73. The lowest BCUT2D eigenvalue weighted by atomic mass is 10.0. The Kier molecular flexibility index (Phi) is 4.45. The molecule has 120 valence electrons. The van der Waals surface area contributed by atoms with Crippen molar-refractivity contribution in [3.8, 4) is 11.5 Å². The molecule has 0 aromatic heterocycles. The minimum Gasteiger partial charge on any atom is -0.454 e. The Balaban J connectivity index is 0.00000144. The number of halogens is 1. The van der Waals surface area contributed by atoms with Crippen LogP contribution in [0.15, 0.2) is 18.2 Å². The number of hydrogen-bond acceptors (Lipinski definition) is 4. The number of hydrogen-bond donors (Lipinski definition) is 1. The standard InChI is InChI=1S/C16H20N2O3.ClH/c19-16(12-5-6-17-9-12)18-7-1-2-13(18)11-3-4-14-15(8-11)21-10-20-14;/h3-4,8,12-13,17H,1-2,5-7,9-10H2;1H. The molecular formula is C16H21ClN2O3. The summed E-state index contributed by atoms with van der Waals surface area (Å²) in [4.78, 5) is 14.8. The Morgan fingerprint density at radius 1 is 1.23 bits per heavy atom. The number of likely N-dealkylation sites (tertiary alicyclic amines) is 1. The zero-order valence-corrected chi connectivity index (χ0v) is 13.2. The molecule has 3 aliphatic heterocycles. The van der Waals surface area contributed by atoms with Gasteiger partial charge in [-0.25, -0.2) is 0 Å². The van der Waals surface area contributed by atoms with Gasteiger partial charge in [0, 0.05) is 13.1 Å². The van der Waals surface area contributed by atoms with Crippen molar-refractivity contribution in [2.45, 2.75) is 25.3 Å². The van der Waals surface area contributed by atoms with Gasteiger partial charge < -0.3 is 19.7 Å². The van der Waals surface area contributed by atoms with Gasteiger partial charge >= 0.3 is 0 Å². The number of carbonyl (C=O) groups is 1. The van der Waals surface area contributed by atoms with Gasteiger partial charge in [0.1, 0.15) is 0 Å². The van der Waals surface area contributed by atoms with Gasteiger partial charge in [0.25, 0.3) is 0 Å². The van der Waals surface area contributed by atoms with Gasteiger partial charge in [-0.05, 0) is 43.5 Å². The van der Waals surface area contributed by atoms with Gasteiger partial charge in [0.2, 0.25) is 12.7 Å². The van der Waals surface area contributed by atoms with Crippen LogP contribution in [0.4, 0.5) is 0 Å². The number of nitrogens with one attached hydrogen (secondary N) is 1. The fourth-order valence-corrected chi connectivity index (χ4v) is 3.60. The summed E-state index contributed by atoms with van der Waals surface area (Å²) in [6.07, 6.45) is 3.07. The van der Waals surface area contributed by atoms with E-state index in [1.165, 1.54) is 0 Å². The molecule has 0 bridgehead atoms. The number of nitrogens with zero attached hydrogens (tertiary/aromatic N) is 1. The molecule has 3 aliphatic rings. The van der Waals surface area contributed by atoms with Crippen LogP contribution < -0.4 is 14.8 Å². The first-order valence-electron chi connectivity index (χ1n) is 7.73. The largest absolute Gasteiger partial charge is 0.454 e. The highest BCUT2D eigenvalue weighted by molar-refractivity contribution is 5.85. The van der Waals surface area contributed by atoms with Crippen LogP contribution in [0.5, 0.6) is 11.5 Å². The summed E-state index contributed by atoms with van der Waals surface area (Å²) in [6.45, 7) is 2.94. The van der Waals surface area contributed by atoms with Crippen molar-refractivity contribution in [2.75, 3.05) is 26.4 Å². The van der Waals surface area contributed by atoms with Gasteiger partial charge in [0.15, 0.2) is 11.5 Å². The Morgan fingerprint density at radius 2 is 2.09 bits per heavy atom. The molecule has 2 unspecified atom stereocenters. The van der Waals surface area contributed by atoms with E-state index in [2.05, 4.69) is 16.3 Å². The Bertz CT molecular complexity index is 560. The number of amides is 1. The minimum atomic E-state index is 0. The first kappa shape index (κ1) is 15.4. The summed E-state index contributed by atoms with van der Waals surface area (Å²) in [6, 6.07) is 6.24. The average molecular weight is 325 g/mol. The molecule has 3 heterocycles. The molecular weight excluding hydrogens is 304 g/mol. The molecule has 2 atom stereocenters. The smallest absolute Gasteiger partial charge is 0.231 e. The molecule has 1 aromatic rings. The highest BCUT2D eigenvalue weighted by Gasteiger charge is 2.35. The lowest BCUT2D eigenvalue weighted by Gasteiger charge is -2.27. The average Bonchev–Trinajstić information content (AvgIpc) is 3.24. The molecule has 2 saturated heterocycles. The van der Waals surface area contributed by atoms with E-state index in [0.29, 0.717) is 12.7 Å². The SMILES string of the molecule is Cl.O=C(C1CCNC1)N1CCCC1c1ccc2c(c1)OCO2. The molecule has 0 aliphatic carbocycles. The molecule has 22 heavy (non-hydrogen) atoms. The van der Waals surface area contributed by atoms with E-state index in [9.17, 15) is 4.79 Å². The predicted molar refractivity (Wildman–Crippen MR) is 84.5 cm³/mol. The molecule has 0 spiro atoms. The van der Waals surface area contributed by atoms with Crippen LogP contribution in [0.25, 0.3) is 0 Å². The van der Waals surface area contributed by atoms with E-state index in [0.717, 1.165) is 56.0 Å². The highest BCUT2D eigenvalue weighted by Crippen LogP contribution is 2.39. The second kappa shape index (κ2) is 6.34. The monoisotopic (exact) mass is 324 g/mol. The van der Waals surface area contributed by atoms with E-state index in [1.54, 1.807) is 0 Å². The maximum absolute atomic E-state index is 12.7. The lowest BCUT2D eigenvalue weighted by molar-refractivity contribution is -0.135. The van der Waals surface area contributed by atoms with Crippen LogP contribution in [0.3, 0.4) is 0 Å². The Morgan fingerprint density at radius 3 is 2.91 bits per heavy atom. The molecule has 0 saturated carbocycles. The molecule has 1 amide bonds. The van der Waals surface area contributed by atoms with E-state index in [-0.39, 0.29) is 24.4 Å². The highest BCUT2D eigenvalue weighted by atomic mass is 35.5. The van der Waals surface area contributed by atoms with Crippen molar-refractivity contribution in [1.29, 1.82) is 0 Å². The third kappa shape index (κ3) is 2.63. The first-order valence-corrected chi connectivity index (χ1v) is 7.73. The number of fused-ring (bicyclic) bond motifs is 1. The lowest BCUT2D eigenvalue weighted by Crippen LogP contribution is -2.36. The van der Waals surface area contributed by atoms with Gasteiger partial charge in [-0.1, -0.05) is 6.07 Å². The van der Waals surface area contributed by atoms with Crippen molar-refractivity contribution in [1.82, 2.24) is 10.2 Å². The van der Waals surface area contributed by atoms with Crippen LogP contribution in [-0.4, -0.2) is 37.2 Å². The van der Waals surface area contributed by atoms with Crippen molar-refractivity contribution in [2.24, 2.45) is 5.92 Å². The zero-order valence-electron chi connectivity index (χ0n) is 12.4. The predicted octanol–water partition coefficient (Wildman–Crippen LogP) is 2.11. The minimum absolute atomic E-state index is 0. The molecule has 6 heteroatoms. The van der Waals surface area contributed by atoms with Crippen molar-refractivity contribution < 1.29 is 14.3 Å². The van der Waals surface area contributed by atoms with E-state index < -0.39 is 0 Å². The summed E-state index contributed by atoms with van der Waals surface area (Å²) in [7, 11) is 0. The van der Waals surface area contributed by atoms with Gasteiger partial charge in [-0.3, -0.25) is 4.79 Å². The maximum atomic E-state index is 12.7. The van der Waals surface area contributed by atoms with E-state index in [1.807, 2.05) is 12.1 Å². The number of carbonyl (C=O) groups excluding carboxylic acids is 1. The third-order valence-electron chi connectivity index (χ3n) is 4.73. The second-order valence-corrected chi connectivity index (χ2v) is 5.99. The van der Waals surface area contributed by atoms with Crippen molar-refractivity contribution in [3.63, 3.8) is 0 Å². The van der Waals surface area contributed by atoms with Crippen LogP contribution in [-0.2, 0) is 4.79 Å². The molecule has 4 rings (SSSR count). The maximum Gasteiger partial charge on any atom is 0.231 e. The normalized spacial score (nSPS) is 26.1. The van der Waals surface area contributed by atoms with Gasteiger partial charge in [-0.2, -0.15) is 0 Å². The van der Waals surface area contributed by atoms with Crippen LogP contribution >= 0.6 is 12.4 Å². The van der Waals surface area contributed by atoms with Gasteiger partial charge in [-0.15, -0.1) is 12.4 Å². The van der Waals surface area contributed by atoms with E-state index in [4.69, 9.17) is 9.47 Å². The van der Waals surface area contributed by atoms with Crippen LogP contribution in [0, 0.1) is 5.92 Å². The summed E-state index contributed by atoms with van der Waals surface area (Å²) in [5, 5.41) is 3.28. The number of ether oxygens (including phenoxy) is 2. The number of benzene rings is 1. The summed E-state index contributed by atoms with van der Waals surface area (Å²) in [5.41, 5.74) is 1.16. The van der Waals surface area contributed by atoms with Crippen molar-refractivity contribution >= 4 is 18.3 Å². The fraction of sp³-hybridized carbons (Fsp3) is 0.562. The quantitative estimate of drug-likeness (QED) is 0.905. The van der Waals surface area contributed by atoms with Crippen LogP contribution in [0.2, 0.25) is 0 Å². The van der Waals surface area contributed by atoms with E-state index >= 15 is 0 Å². The first-order chi connectivity index (χ1) is 10.3. The second-order valence-electron chi connectivity index (χ2n) is 5.99. The molecule has 0 radical (unpaired) electrons. The molecule has 1 aromatic carbocycles. The Hall–Kier alpha value is -1.46.